The van der Waals surface area contributed by atoms with E-state index in [2.05, 4.69) is 0 Å². The number of non-ortho nitro benzene ring substituents is 1. The van der Waals surface area contributed by atoms with Gasteiger partial charge in [-0.25, -0.2) is 9.36 Å². The van der Waals surface area contributed by atoms with Gasteiger partial charge in [0.15, 0.2) is 5.58 Å². The van der Waals surface area contributed by atoms with E-state index < -0.39 is 10.7 Å². The SMILES string of the molecule is COc1ccc2c(c1)oc(=O)n2-c1c(Cl)cc([N+](=O)[O-])cc1Cl. The van der Waals surface area contributed by atoms with Crippen molar-refractivity contribution in [1.29, 1.82) is 0 Å². The fourth-order valence-corrected chi connectivity index (χ4v) is 2.85. The summed E-state index contributed by atoms with van der Waals surface area (Å²) in [6.45, 7) is 0. The zero-order chi connectivity index (χ0) is 16.7. The van der Waals surface area contributed by atoms with E-state index in [-0.39, 0.29) is 27.0 Å². The highest BCUT2D eigenvalue weighted by atomic mass is 35.5. The quantitative estimate of drug-likeness (QED) is 0.527. The average Bonchev–Trinajstić information content (AvgIpc) is 2.81. The molecular weight excluding hydrogens is 347 g/mol. The van der Waals surface area contributed by atoms with Crippen molar-refractivity contribution in [3.8, 4) is 11.4 Å². The number of fused-ring (bicyclic) bond motifs is 1. The van der Waals surface area contributed by atoms with Gasteiger partial charge in [0.25, 0.3) is 5.69 Å². The lowest BCUT2D eigenvalue weighted by molar-refractivity contribution is -0.384. The number of oxazole rings is 1. The highest BCUT2D eigenvalue weighted by Crippen LogP contribution is 2.34. The number of rotatable bonds is 3. The van der Waals surface area contributed by atoms with Crippen LogP contribution in [0.3, 0.4) is 0 Å². The molecule has 3 rings (SSSR count). The van der Waals surface area contributed by atoms with Crippen molar-refractivity contribution in [2.75, 3.05) is 7.11 Å². The molecule has 7 nitrogen and oxygen atoms in total. The number of benzene rings is 2. The lowest BCUT2D eigenvalue weighted by Crippen LogP contribution is -2.13. The molecule has 118 valence electrons. The summed E-state index contributed by atoms with van der Waals surface area (Å²) >= 11 is 12.2. The predicted molar refractivity (Wildman–Crippen MR) is 85.0 cm³/mol. The maximum absolute atomic E-state index is 12.2. The Labute approximate surface area is 138 Å². The van der Waals surface area contributed by atoms with Gasteiger partial charge in [0.2, 0.25) is 0 Å². The first-order chi connectivity index (χ1) is 10.9. The van der Waals surface area contributed by atoms with E-state index in [1.165, 1.54) is 7.11 Å². The molecular formula is C14H8Cl2N2O5. The summed E-state index contributed by atoms with van der Waals surface area (Å²) < 4.78 is 11.4. The summed E-state index contributed by atoms with van der Waals surface area (Å²) in [4.78, 5) is 22.4. The Hall–Kier alpha value is -2.51. The van der Waals surface area contributed by atoms with Gasteiger partial charge in [0, 0.05) is 18.2 Å². The maximum Gasteiger partial charge on any atom is 0.424 e. The van der Waals surface area contributed by atoms with Gasteiger partial charge in [-0.15, -0.1) is 0 Å². The molecule has 3 aromatic rings. The van der Waals surface area contributed by atoms with Crippen LogP contribution in [0.5, 0.6) is 5.75 Å². The Kier molecular flexibility index (Phi) is 3.75. The standard InChI is InChI=1S/C14H8Cl2N2O5/c1-22-8-2-3-11-12(6-8)23-14(19)17(11)13-9(15)4-7(18(20)21)5-10(13)16/h2-6H,1H3. The normalized spacial score (nSPS) is 10.9. The molecule has 0 spiro atoms. The Bertz CT molecular complexity index is 969. The van der Waals surface area contributed by atoms with Crippen molar-refractivity contribution in [2.45, 2.75) is 0 Å². The van der Waals surface area contributed by atoms with Crippen molar-refractivity contribution in [2.24, 2.45) is 0 Å². The Morgan fingerprint density at radius 3 is 2.43 bits per heavy atom. The van der Waals surface area contributed by atoms with Gasteiger partial charge in [0.1, 0.15) is 5.75 Å². The first-order valence-electron chi connectivity index (χ1n) is 6.26. The van der Waals surface area contributed by atoms with Crippen molar-refractivity contribution < 1.29 is 14.1 Å². The molecule has 0 saturated heterocycles. The lowest BCUT2D eigenvalue weighted by Gasteiger charge is -2.08. The van der Waals surface area contributed by atoms with Crippen LogP contribution in [0, 0.1) is 10.1 Å². The topological polar surface area (TPSA) is 87.5 Å². The zero-order valence-corrected chi connectivity index (χ0v) is 13.1. The monoisotopic (exact) mass is 354 g/mol. The van der Waals surface area contributed by atoms with Crippen LogP contribution < -0.4 is 10.5 Å². The summed E-state index contributed by atoms with van der Waals surface area (Å²) in [5, 5.41) is 10.8. The number of aromatic nitrogens is 1. The molecule has 0 aliphatic carbocycles. The van der Waals surface area contributed by atoms with Gasteiger partial charge >= 0.3 is 5.76 Å². The molecule has 23 heavy (non-hydrogen) atoms. The second-order valence-electron chi connectivity index (χ2n) is 4.55. The number of hydrogen-bond donors (Lipinski definition) is 0. The molecule has 0 bridgehead atoms. The van der Waals surface area contributed by atoms with E-state index in [1.807, 2.05) is 0 Å². The summed E-state index contributed by atoms with van der Waals surface area (Å²) in [5.41, 5.74) is 0.535. The van der Waals surface area contributed by atoms with Crippen LogP contribution in [0.1, 0.15) is 0 Å². The average molecular weight is 355 g/mol. The first kappa shape index (κ1) is 15.4. The maximum atomic E-state index is 12.2. The Morgan fingerprint density at radius 1 is 1.22 bits per heavy atom. The molecule has 0 aliphatic rings. The molecule has 2 aromatic carbocycles. The van der Waals surface area contributed by atoms with Crippen LogP contribution in [-0.4, -0.2) is 16.6 Å². The minimum Gasteiger partial charge on any atom is -0.497 e. The largest absolute Gasteiger partial charge is 0.497 e. The van der Waals surface area contributed by atoms with Gasteiger partial charge in [0.05, 0.1) is 33.3 Å². The lowest BCUT2D eigenvalue weighted by atomic mass is 10.2. The van der Waals surface area contributed by atoms with E-state index >= 15 is 0 Å². The molecule has 0 fully saturated rings. The van der Waals surface area contributed by atoms with Crippen molar-refractivity contribution in [3.05, 3.63) is 61.0 Å². The first-order valence-corrected chi connectivity index (χ1v) is 7.01. The van der Waals surface area contributed by atoms with Crippen molar-refractivity contribution in [1.82, 2.24) is 4.57 Å². The minimum atomic E-state index is -0.717. The minimum absolute atomic E-state index is 0.0372. The van der Waals surface area contributed by atoms with E-state index in [1.54, 1.807) is 18.2 Å². The fraction of sp³-hybridized carbons (Fsp3) is 0.0714. The van der Waals surface area contributed by atoms with E-state index in [0.29, 0.717) is 11.3 Å². The smallest absolute Gasteiger partial charge is 0.424 e. The molecule has 0 amide bonds. The highest BCUT2D eigenvalue weighted by molar-refractivity contribution is 6.38. The molecule has 0 atom stereocenters. The van der Waals surface area contributed by atoms with Crippen LogP contribution in [0.15, 0.2) is 39.5 Å². The molecule has 0 unspecified atom stereocenters. The molecule has 0 radical (unpaired) electrons. The van der Waals surface area contributed by atoms with E-state index in [0.717, 1.165) is 16.7 Å². The second-order valence-corrected chi connectivity index (χ2v) is 5.37. The van der Waals surface area contributed by atoms with Crippen LogP contribution in [0.25, 0.3) is 16.8 Å². The number of hydrogen-bond acceptors (Lipinski definition) is 5. The molecule has 0 aliphatic heterocycles. The summed E-state index contributed by atoms with van der Waals surface area (Å²) in [6, 6.07) is 7.03. The van der Waals surface area contributed by atoms with E-state index in [4.69, 9.17) is 32.4 Å². The summed E-state index contributed by atoms with van der Waals surface area (Å²) in [6.07, 6.45) is 0. The second kappa shape index (κ2) is 5.60. The number of nitrogens with zero attached hydrogens (tertiary/aromatic N) is 2. The van der Waals surface area contributed by atoms with Gasteiger partial charge in [-0.1, -0.05) is 23.2 Å². The zero-order valence-electron chi connectivity index (χ0n) is 11.6. The van der Waals surface area contributed by atoms with Crippen molar-refractivity contribution in [3.63, 3.8) is 0 Å². The van der Waals surface area contributed by atoms with E-state index in [9.17, 15) is 14.9 Å². The molecule has 0 saturated carbocycles. The predicted octanol–water partition coefficient (Wildman–Crippen LogP) is 3.81. The van der Waals surface area contributed by atoms with Gasteiger partial charge in [-0.2, -0.15) is 0 Å². The summed E-state index contributed by atoms with van der Waals surface area (Å²) in [7, 11) is 1.49. The number of halogens is 2. The number of nitro benzene ring substituents is 1. The van der Waals surface area contributed by atoms with Crippen molar-refractivity contribution >= 4 is 40.0 Å². The van der Waals surface area contributed by atoms with Gasteiger partial charge in [-0.05, 0) is 12.1 Å². The molecule has 1 heterocycles. The highest BCUT2D eigenvalue weighted by Gasteiger charge is 2.20. The number of ether oxygens (including phenoxy) is 1. The third kappa shape index (κ3) is 2.54. The third-order valence-corrected chi connectivity index (χ3v) is 3.80. The fourth-order valence-electron chi connectivity index (χ4n) is 2.21. The summed E-state index contributed by atoms with van der Waals surface area (Å²) in [5.74, 6) is -0.204. The van der Waals surface area contributed by atoms with Crippen LogP contribution in [0.4, 0.5) is 5.69 Å². The number of methoxy groups -OCH3 is 1. The Morgan fingerprint density at radius 2 is 1.87 bits per heavy atom. The van der Waals surface area contributed by atoms with Crippen LogP contribution in [-0.2, 0) is 0 Å². The van der Waals surface area contributed by atoms with Crippen LogP contribution >= 0.6 is 23.2 Å². The van der Waals surface area contributed by atoms with Gasteiger partial charge in [-0.3, -0.25) is 10.1 Å². The molecule has 9 heteroatoms. The van der Waals surface area contributed by atoms with Crippen LogP contribution in [0.2, 0.25) is 10.0 Å². The molecule has 0 N–H and O–H groups in total. The number of nitro groups is 1. The Balaban J connectivity index is 2.31. The van der Waals surface area contributed by atoms with Gasteiger partial charge < -0.3 is 9.15 Å². The third-order valence-electron chi connectivity index (χ3n) is 3.22. The molecule has 1 aromatic heterocycles.